The second kappa shape index (κ2) is 8.59. The smallest absolute Gasteiger partial charge is 0.234 e. The second-order valence-electron chi connectivity index (χ2n) is 5.01. The van der Waals surface area contributed by atoms with Gasteiger partial charge in [-0.3, -0.25) is 4.79 Å². The van der Waals surface area contributed by atoms with E-state index in [4.69, 9.17) is 15.0 Å². The summed E-state index contributed by atoms with van der Waals surface area (Å²) in [7, 11) is 0. The third-order valence-electron chi connectivity index (χ3n) is 3.19. The number of nitrogens with two attached hydrogens (primary N) is 1. The number of hydrogen-bond donors (Lipinski definition) is 2. The van der Waals surface area contributed by atoms with Crippen molar-refractivity contribution < 1.29 is 14.1 Å². The van der Waals surface area contributed by atoms with Crippen molar-refractivity contribution in [2.24, 2.45) is 5.73 Å². The largest absolute Gasteiger partial charge is 0.492 e. The Morgan fingerprint density at radius 1 is 1.35 bits per heavy atom. The molecule has 1 amide bonds. The lowest BCUT2D eigenvalue weighted by Crippen LogP contribution is -2.14. The zero-order valence-corrected chi connectivity index (χ0v) is 14.1. The minimum atomic E-state index is -0.0441. The highest BCUT2D eigenvalue weighted by Gasteiger charge is 2.10. The third kappa shape index (κ3) is 5.30. The lowest BCUT2D eigenvalue weighted by molar-refractivity contribution is -0.113. The number of thioether (sulfide) groups is 1. The summed E-state index contributed by atoms with van der Waals surface area (Å²) >= 11 is 1.53. The number of carbonyl (C=O) groups is 1. The van der Waals surface area contributed by atoms with Crippen molar-refractivity contribution in [3.05, 3.63) is 41.3 Å². The number of nitrogens with zero attached hydrogens (tertiary/aromatic N) is 1. The molecule has 0 aliphatic heterocycles. The number of hydrogen-bond acceptors (Lipinski definition) is 6. The zero-order valence-electron chi connectivity index (χ0n) is 13.3. The molecule has 1 aromatic heterocycles. The van der Waals surface area contributed by atoms with Gasteiger partial charge in [0.1, 0.15) is 18.1 Å². The lowest BCUT2D eigenvalue weighted by Gasteiger charge is -2.07. The number of benzene rings is 1. The zero-order chi connectivity index (χ0) is 16.7. The SMILES string of the molecule is Cc1noc(C)c1CSCC(=O)Nc1ccc(OCCN)cc1. The molecular formula is C16H21N3O3S. The fourth-order valence-corrected chi connectivity index (χ4v) is 2.94. The van der Waals surface area contributed by atoms with Crippen LogP contribution in [0.25, 0.3) is 0 Å². The minimum Gasteiger partial charge on any atom is -0.492 e. The Kier molecular flexibility index (Phi) is 6.49. The van der Waals surface area contributed by atoms with Crippen molar-refractivity contribution in [2.45, 2.75) is 19.6 Å². The Morgan fingerprint density at radius 2 is 2.09 bits per heavy atom. The number of amides is 1. The Labute approximate surface area is 139 Å². The molecule has 0 saturated heterocycles. The van der Waals surface area contributed by atoms with E-state index >= 15 is 0 Å². The third-order valence-corrected chi connectivity index (χ3v) is 4.14. The van der Waals surface area contributed by atoms with Crippen molar-refractivity contribution >= 4 is 23.4 Å². The van der Waals surface area contributed by atoms with E-state index in [1.54, 1.807) is 0 Å². The number of nitrogens with one attached hydrogen (secondary N) is 1. The van der Waals surface area contributed by atoms with E-state index < -0.39 is 0 Å². The summed E-state index contributed by atoms with van der Waals surface area (Å²) in [6.07, 6.45) is 0. The van der Waals surface area contributed by atoms with Crippen molar-refractivity contribution in [2.75, 3.05) is 24.2 Å². The van der Waals surface area contributed by atoms with Crippen LogP contribution in [0.1, 0.15) is 17.0 Å². The van der Waals surface area contributed by atoms with E-state index in [9.17, 15) is 4.79 Å². The van der Waals surface area contributed by atoms with Gasteiger partial charge in [-0.2, -0.15) is 0 Å². The van der Waals surface area contributed by atoms with E-state index in [0.29, 0.717) is 24.7 Å². The number of carbonyl (C=O) groups excluding carboxylic acids is 1. The molecule has 124 valence electrons. The quantitative estimate of drug-likeness (QED) is 0.770. The molecule has 2 rings (SSSR count). The second-order valence-corrected chi connectivity index (χ2v) is 5.99. The van der Waals surface area contributed by atoms with Crippen LogP contribution in [0.4, 0.5) is 5.69 Å². The molecule has 7 heteroatoms. The molecule has 2 aromatic rings. The molecule has 1 aromatic carbocycles. The van der Waals surface area contributed by atoms with Gasteiger partial charge in [0.05, 0.1) is 11.4 Å². The van der Waals surface area contributed by atoms with Gasteiger partial charge in [0.15, 0.2) is 0 Å². The highest BCUT2D eigenvalue weighted by molar-refractivity contribution is 7.99. The topological polar surface area (TPSA) is 90.4 Å². The van der Waals surface area contributed by atoms with Crippen LogP contribution in [-0.2, 0) is 10.5 Å². The summed E-state index contributed by atoms with van der Waals surface area (Å²) in [5.41, 5.74) is 8.06. The molecule has 0 unspecified atom stereocenters. The van der Waals surface area contributed by atoms with Gasteiger partial charge < -0.3 is 20.3 Å². The first-order chi connectivity index (χ1) is 11.1. The van der Waals surface area contributed by atoms with Crippen LogP contribution in [0.3, 0.4) is 0 Å². The minimum absolute atomic E-state index is 0.0441. The summed E-state index contributed by atoms with van der Waals surface area (Å²) in [5, 5.41) is 6.76. The molecule has 0 atom stereocenters. The van der Waals surface area contributed by atoms with E-state index in [1.807, 2.05) is 38.1 Å². The first-order valence-electron chi connectivity index (χ1n) is 7.32. The summed E-state index contributed by atoms with van der Waals surface area (Å²) in [5.74, 6) is 2.58. The van der Waals surface area contributed by atoms with Crippen molar-refractivity contribution in [3.8, 4) is 5.75 Å². The van der Waals surface area contributed by atoms with Crippen LogP contribution in [0.5, 0.6) is 5.75 Å². The highest BCUT2D eigenvalue weighted by Crippen LogP contribution is 2.20. The van der Waals surface area contributed by atoms with Crippen LogP contribution in [0.2, 0.25) is 0 Å². The summed E-state index contributed by atoms with van der Waals surface area (Å²) in [6, 6.07) is 7.23. The molecule has 0 fully saturated rings. The van der Waals surface area contributed by atoms with E-state index in [1.165, 1.54) is 11.8 Å². The van der Waals surface area contributed by atoms with Gasteiger partial charge in [0.25, 0.3) is 0 Å². The molecule has 3 N–H and O–H groups in total. The number of rotatable bonds is 8. The predicted molar refractivity (Wildman–Crippen MR) is 91.8 cm³/mol. The Balaban J connectivity index is 1.76. The van der Waals surface area contributed by atoms with Crippen LogP contribution < -0.4 is 15.8 Å². The molecular weight excluding hydrogens is 314 g/mol. The van der Waals surface area contributed by atoms with Gasteiger partial charge in [-0.15, -0.1) is 11.8 Å². The van der Waals surface area contributed by atoms with Crippen molar-refractivity contribution in [3.63, 3.8) is 0 Å². The maximum Gasteiger partial charge on any atom is 0.234 e. The molecule has 6 nitrogen and oxygen atoms in total. The van der Waals surface area contributed by atoms with Gasteiger partial charge in [-0.05, 0) is 38.1 Å². The number of aromatic nitrogens is 1. The Hall–Kier alpha value is -1.99. The predicted octanol–water partition coefficient (Wildman–Crippen LogP) is 2.50. The Morgan fingerprint density at radius 3 is 2.70 bits per heavy atom. The average Bonchev–Trinajstić information content (AvgIpc) is 2.86. The van der Waals surface area contributed by atoms with Crippen molar-refractivity contribution in [1.29, 1.82) is 0 Å². The van der Waals surface area contributed by atoms with Crippen LogP contribution in [0.15, 0.2) is 28.8 Å². The average molecular weight is 335 g/mol. The Bertz CT molecular complexity index is 621. The summed E-state index contributed by atoms with van der Waals surface area (Å²) in [6.45, 7) is 4.73. The molecule has 0 aliphatic carbocycles. The lowest BCUT2D eigenvalue weighted by atomic mass is 10.2. The molecule has 0 radical (unpaired) electrons. The van der Waals surface area contributed by atoms with Gasteiger partial charge in [0, 0.05) is 23.5 Å². The van der Waals surface area contributed by atoms with Crippen LogP contribution in [0, 0.1) is 13.8 Å². The number of ether oxygens (including phenoxy) is 1. The molecule has 0 spiro atoms. The molecule has 0 saturated carbocycles. The van der Waals surface area contributed by atoms with Crippen molar-refractivity contribution in [1.82, 2.24) is 5.16 Å². The first-order valence-corrected chi connectivity index (χ1v) is 8.48. The number of aryl methyl sites for hydroxylation is 2. The fourth-order valence-electron chi connectivity index (χ4n) is 1.96. The summed E-state index contributed by atoms with van der Waals surface area (Å²) in [4.78, 5) is 11.9. The van der Waals surface area contributed by atoms with Gasteiger partial charge >= 0.3 is 0 Å². The monoisotopic (exact) mass is 335 g/mol. The van der Waals surface area contributed by atoms with Crippen LogP contribution in [-0.4, -0.2) is 30.0 Å². The molecule has 23 heavy (non-hydrogen) atoms. The standard InChI is InChI=1S/C16H21N3O3S/c1-11-15(12(2)22-19-11)9-23-10-16(20)18-13-3-5-14(6-4-13)21-8-7-17/h3-6H,7-10,17H2,1-2H3,(H,18,20). The first kappa shape index (κ1) is 17.4. The highest BCUT2D eigenvalue weighted by atomic mass is 32.2. The van der Waals surface area contributed by atoms with Gasteiger partial charge in [-0.1, -0.05) is 5.16 Å². The fraction of sp³-hybridized carbons (Fsp3) is 0.375. The number of anilines is 1. The van der Waals surface area contributed by atoms with E-state index in [0.717, 1.165) is 28.5 Å². The normalized spacial score (nSPS) is 10.6. The maximum absolute atomic E-state index is 11.9. The molecule has 1 heterocycles. The maximum atomic E-state index is 11.9. The molecule has 0 aliphatic rings. The van der Waals surface area contributed by atoms with Gasteiger partial charge in [-0.25, -0.2) is 0 Å². The van der Waals surface area contributed by atoms with E-state index in [-0.39, 0.29) is 5.91 Å². The van der Waals surface area contributed by atoms with E-state index in [2.05, 4.69) is 10.5 Å². The van der Waals surface area contributed by atoms with Crippen LogP contribution >= 0.6 is 11.8 Å². The molecule has 0 bridgehead atoms. The summed E-state index contributed by atoms with van der Waals surface area (Å²) < 4.78 is 10.5. The van der Waals surface area contributed by atoms with Gasteiger partial charge in [0.2, 0.25) is 5.91 Å².